The molecule has 0 atom stereocenters. The average Bonchev–Trinajstić information content (AvgIpc) is 1.19. The lowest BCUT2D eigenvalue weighted by Gasteiger charge is -2.09. The highest BCUT2D eigenvalue weighted by Crippen LogP contribution is 1.83. The Hall–Kier alpha value is 0.310. The first-order valence-corrected chi connectivity index (χ1v) is 3.64. The zero-order valence-electron chi connectivity index (χ0n) is 5.65. The summed E-state index contributed by atoms with van der Waals surface area (Å²) in [5.74, 6) is 0. The first-order valence-electron chi connectivity index (χ1n) is 3.12. The normalized spacial score (nSPS) is 16.5. The molecule has 1 aliphatic rings. The van der Waals surface area contributed by atoms with Gasteiger partial charge in [-0.2, -0.15) is 12.6 Å². The van der Waals surface area contributed by atoms with E-state index in [0.29, 0.717) is 5.25 Å². The molecular formula is C6H15NS. The Labute approximate surface area is 57.3 Å². The summed E-state index contributed by atoms with van der Waals surface area (Å²) in [6.45, 7) is 6.56. The summed E-state index contributed by atoms with van der Waals surface area (Å²) in [7, 11) is 0. The fourth-order valence-corrected chi connectivity index (χ4v) is 0.177. The fourth-order valence-electron chi connectivity index (χ4n) is 0.177. The van der Waals surface area contributed by atoms with Crippen molar-refractivity contribution in [1.29, 1.82) is 0 Å². The summed E-state index contributed by atoms with van der Waals surface area (Å²) in [5, 5.41) is 3.64. The van der Waals surface area contributed by atoms with E-state index in [1.807, 2.05) is 13.8 Å². The molecule has 0 unspecified atom stereocenters. The topological polar surface area (TPSA) is 12.0 Å². The molecule has 50 valence electrons. The summed E-state index contributed by atoms with van der Waals surface area (Å²) in [5.41, 5.74) is 0. The van der Waals surface area contributed by atoms with Gasteiger partial charge >= 0.3 is 0 Å². The van der Waals surface area contributed by atoms with Gasteiger partial charge in [0.05, 0.1) is 0 Å². The number of thiol groups is 1. The Kier molecular flexibility index (Phi) is 5.66. The van der Waals surface area contributed by atoms with Crippen LogP contribution in [-0.4, -0.2) is 18.3 Å². The smallest absolute Gasteiger partial charge is 0.00368 e. The number of nitrogens with one attached hydrogen (secondary N) is 1. The molecule has 1 N–H and O–H groups in total. The maximum atomic E-state index is 3.97. The molecule has 0 spiro atoms. The number of rotatable bonds is 0. The monoisotopic (exact) mass is 133 g/mol. The van der Waals surface area contributed by atoms with Gasteiger partial charge < -0.3 is 5.32 Å². The van der Waals surface area contributed by atoms with Crippen LogP contribution in [0.15, 0.2) is 0 Å². The predicted molar refractivity (Wildman–Crippen MR) is 41.6 cm³/mol. The zero-order valence-corrected chi connectivity index (χ0v) is 6.54. The highest BCUT2D eigenvalue weighted by molar-refractivity contribution is 7.80. The Morgan fingerprint density at radius 1 is 1.38 bits per heavy atom. The van der Waals surface area contributed by atoms with Crippen molar-refractivity contribution >= 4 is 12.6 Å². The van der Waals surface area contributed by atoms with Crippen LogP contribution in [0.1, 0.15) is 20.3 Å². The summed E-state index contributed by atoms with van der Waals surface area (Å²) in [6, 6.07) is 0. The second-order valence-electron chi connectivity index (χ2n) is 2.20. The third-order valence-electron chi connectivity index (χ3n) is 0.707. The molecule has 2 heteroatoms. The minimum atomic E-state index is 0.528. The Balaban J connectivity index is 0.000000122. The first-order chi connectivity index (χ1) is 3.73. The fraction of sp³-hybridized carbons (Fsp3) is 1.00. The van der Waals surface area contributed by atoms with Gasteiger partial charge in [-0.05, 0) is 24.8 Å². The number of hydrogen-bond donors (Lipinski definition) is 2. The third kappa shape index (κ3) is 9.58. The van der Waals surface area contributed by atoms with Crippen LogP contribution in [0.4, 0.5) is 0 Å². The maximum Gasteiger partial charge on any atom is -0.00368 e. The van der Waals surface area contributed by atoms with Crippen molar-refractivity contribution in [2.45, 2.75) is 25.5 Å². The van der Waals surface area contributed by atoms with Crippen LogP contribution in [0.25, 0.3) is 0 Å². The van der Waals surface area contributed by atoms with Crippen LogP contribution >= 0.6 is 12.6 Å². The van der Waals surface area contributed by atoms with Crippen molar-refractivity contribution < 1.29 is 0 Å². The van der Waals surface area contributed by atoms with Crippen molar-refractivity contribution in [3.8, 4) is 0 Å². The molecule has 1 heterocycles. The summed E-state index contributed by atoms with van der Waals surface area (Å²) >= 11 is 3.97. The summed E-state index contributed by atoms with van der Waals surface area (Å²) in [6.07, 6.45) is 1.39. The maximum absolute atomic E-state index is 3.97. The van der Waals surface area contributed by atoms with Gasteiger partial charge in [0.15, 0.2) is 0 Å². The van der Waals surface area contributed by atoms with E-state index in [0.717, 1.165) is 0 Å². The highest BCUT2D eigenvalue weighted by atomic mass is 32.1. The van der Waals surface area contributed by atoms with Gasteiger partial charge in [0, 0.05) is 0 Å². The zero-order chi connectivity index (χ0) is 6.41. The van der Waals surface area contributed by atoms with E-state index in [4.69, 9.17) is 0 Å². The Morgan fingerprint density at radius 2 is 1.50 bits per heavy atom. The van der Waals surface area contributed by atoms with E-state index in [9.17, 15) is 0 Å². The largest absolute Gasteiger partial charge is 0.317 e. The van der Waals surface area contributed by atoms with E-state index in [-0.39, 0.29) is 0 Å². The van der Waals surface area contributed by atoms with Crippen LogP contribution in [0.2, 0.25) is 0 Å². The van der Waals surface area contributed by atoms with Gasteiger partial charge in [-0.15, -0.1) is 0 Å². The lowest BCUT2D eigenvalue weighted by molar-refractivity contribution is 0.527. The quantitative estimate of drug-likeness (QED) is 0.475. The summed E-state index contributed by atoms with van der Waals surface area (Å²) in [4.78, 5) is 0. The first kappa shape index (κ1) is 8.31. The second kappa shape index (κ2) is 5.45. The molecule has 0 aromatic carbocycles. The van der Waals surface area contributed by atoms with Gasteiger partial charge in [-0.3, -0.25) is 0 Å². The minimum absolute atomic E-state index is 0.528. The highest BCUT2D eigenvalue weighted by Gasteiger charge is 1.92. The molecule has 1 aliphatic heterocycles. The van der Waals surface area contributed by atoms with Crippen molar-refractivity contribution in [2.24, 2.45) is 0 Å². The van der Waals surface area contributed by atoms with E-state index >= 15 is 0 Å². The molecule has 0 aliphatic carbocycles. The minimum Gasteiger partial charge on any atom is -0.317 e. The summed E-state index contributed by atoms with van der Waals surface area (Å²) < 4.78 is 0. The average molecular weight is 133 g/mol. The van der Waals surface area contributed by atoms with Gasteiger partial charge in [0.25, 0.3) is 0 Å². The van der Waals surface area contributed by atoms with Crippen molar-refractivity contribution in [3.63, 3.8) is 0 Å². The van der Waals surface area contributed by atoms with E-state index in [2.05, 4.69) is 17.9 Å². The van der Waals surface area contributed by atoms with Gasteiger partial charge in [0.2, 0.25) is 0 Å². The van der Waals surface area contributed by atoms with Gasteiger partial charge in [-0.25, -0.2) is 0 Å². The van der Waals surface area contributed by atoms with Crippen LogP contribution in [0.3, 0.4) is 0 Å². The molecule has 0 aromatic rings. The molecular weight excluding hydrogens is 118 g/mol. The van der Waals surface area contributed by atoms with Gasteiger partial charge in [-0.1, -0.05) is 13.8 Å². The van der Waals surface area contributed by atoms with E-state index < -0.39 is 0 Å². The van der Waals surface area contributed by atoms with Crippen LogP contribution in [0.5, 0.6) is 0 Å². The Bertz CT molecular complexity index is 35.0. The third-order valence-corrected chi connectivity index (χ3v) is 0.707. The van der Waals surface area contributed by atoms with Crippen LogP contribution in [0, 0.1) is 0 Å². The molecule has 0 amide bonds. The molecule has 8 heavy (non-hydrogen) atoms. The van der Waals surface area contributed by atoms with E-state index in [1.165, 1.54) is 19.5 Å². The molecule has 1 rings (SSSR count). The number of hydrogen-bond acceptors (Lipinski definition) is 2. The molecule has 0 radical (unpaired) electrons. The van der Waals surface area contributed by atoms with Crippen LogP contribution in [-0.2, 0) is 0 Å². The Morgan fingerprint density at radius 3 is 1.50 bits per heavy atom. The van der Waals surface area contributed by atoms with Gasteiger partial charge in [0.1, 0.15) is 0 Å². The second-order valence-corrected chi connectivity index (χ2v) is 3.23. The standard InChI is InChI=1S/C3H7N.C3H8S/c1-2-4-3-1;1-3(2)4/h4H,1-3H2;3-4H,1-2H3. The van der Waals surface area contributed by atoms with Crippen molar-refractivity contribution in [2.75, 3.05) is 13.1 Å². The molecule has 1 nitrogen and oxygen atoms in total. The molecule has 1 saturated heterocycles. The molecule has 0 bridgehead atoms. The lowest BCUT2D eigenvalue weighted by atomic mass is 10.3. The van der Waals surface area contributed by atoms with Crippen molar-refractivity contribution in [1.82, 2.24) is 5.32 Å². The predicted octanol–water partition coefficient (Wildman–Crippen LogP) is 1.30. The molecule has 1 fully saturated rings. The molecule has 0 saturated carbocycles. The van der Waals surface area contributed by atoms with Crippen molar-refractivity contribution in [3.05, 3.63) is 0 Å². The SMILES string of the molecule is C1CNC1.CC(C)S. The lowest BCUT2D eigenvalue weighted by Crippen LogP contribution is -2.29. The van der Waals surface area contributed by atoms with E-state index in [1.54, 1.807) is 0 Å². The van der Waals surface area contributed by atoms with Crippen LogP contribution < -0.4 is 5.32 Å². The molecule has 0 aromatic heterocycles.